The van der Waals surface area contributed by atoms with Crippen LogP contribution in [0.15, 0.2) is 42.5 Å². The first-order chi connectivity index (χ1) is 9.22. The quantitative estimate of drug-likeness (QED) is 0.888. The number of hydrogen-bond donors (Lipinski definition) is 1. The Hall–Kier alpha value is -1.51. The molecule has 0 heterocycles. The Morgan fingerprint density at radius 2 is 1.74 bits per heavy atom. The van der Waals surface area contributed by atoms with Crippen LogP contribution in [0.2, 0.25) is 5.02 Å². The molecule has 0 amide bonds. The van der Waals surface area contributed by atoms with E-state index in [1.54, 1.807) is 0 Å². The SMILES string of the molecule is CCc1ccc(Oc2ccc(CCN)cc2Cl)cc1. The summed E-state index contributed by atoms with van der Waals surface area (Å²) in [6.45, 7) is 2.75. The summed E-state index contributed by atoms with van der Waals surface area (Å²) in [4.78, 5) is 0. The maximum Gasteiger partial charge on any atom is 0.146 e. The molecule has 0 unspecified atom stereocenters. The fourth-order valence-corrected chi connectivity index (χ4v) is 2.11. The molecule has 0 radical (unpaired) electrons. The number of halogens is 1. The minimum atomic E-state index is 0.616. The molecule has 0 aromatic heterocycles. The third-order valence-electron chi connectivity index (χ3n) is 2.99. The molecule has 2 aromatic rings. The van der Waals surface area contributed by atoms with Gasteiger partial charge in [0.1, 0.15) is 11.5 Å². The van der Waals surface area contributed by atoms with Crippen molar-refractivity contribution < 1.29 is 4.74 Å². The van der Waals surface area contributed by atoms with Crippen LogP contribution in [-0.4, -0.2) is 6.54 Å². The van der Waals surface area contributed by atoms with Crippen LogP contribution in [0.3, 0.4) is 0 Å². The van der Waals surface area contributed by atoms with Crippen molar-refractivity contribution in [3.63, 3.8) is 0 Å². The normalized spacial score (nSPS) is 10.5. The van der Waals surface area contributed by atoms with E-state index in [2.05, 4.69) is 19.1 Å². The number of benzene rings is 2. The van der Waals surface area contributed by atoms with E-state index in [1.165, 1.54) is 5.56 Å². The monoisotopic (exact) mass is 275 g/mol. The highest BCUT2D eigenvalue weighted by atomic mass is 35.5. The molecule has 0 spiro atoms. The lowest BCUT2D eigenvalue weighted by molar-refractivity contribution is 0.482. The van der Waals surface area contributed by atoms with Crippen LogP contribution in [0.25, 0.3) is 0 Å². The Morgan fingerprint density at radius 1 is 1.05 bits per heavy atom. The van der Waals surface area contributed by atoms with Gasteiger partial charge in [-0.25, -0.2) is 0 Å². The summed E-state index contributed by atoms with van der Waals surface area (Å²) in [6, 6.07) is 13.8. The van der Waals surface area contributed by atoms with Crippen LogP contribution in [-0.2, 0) is 12.8 Å². The third kappa shape index (κ3) is 3.72. The third-order valence-corrected chi connectivity index (χ3v) is 3.28. The Labute approximate surface area is 119 Å². The van der Waals surface area contributed by atoms with Crippen molar-refractivity contribution in [2.45, 2.75) is 19.8 Å². The molecular formula is C16H18ClNO. The number of aryl methyl sites for hydroxylation is 1. The zero-order valence-corrected chi connectivity index (χ0v) is 11.8. The van der Waals surface area contributed by atoms with E-state index in [1.807, 2.05) is 30.3 Å². The highest BCUT2D eigenvalue weighted by Gasteiger charge is 2.04. The molecule has 0 aliphatic carbocycles. The molecule has 0 saturated heterocycles. The van der Waals surface area contributed by atoms with Gasteiger partial charge in [-0.1, -0.05) is 36.7 Å². The number of nitrogens with two attached hydrogens (primary N) is 1. The summed E-state index contributed by atoms with van der Waals surface area (Å²) in [5, 5.41) is 0.616. The molecule has 0 atom stereocenters. The lowest BCUT2D eigenvalue weighted by atomic mass is 10.1. The fourth-order valence-electron chi connectivity index (χ4n) is 1.87. The average molecular weight is 276 g/mol. The van der Waals surface area contributed by atoms with Gasteiger partial charge in [0.15, 0.2) is 0 Å². The summed E-state index contributed by atoms with van der Waals surface area (Å²) in [5.41, 5.74) is 7.94. The first kappa shape index (κ1) is 13.9. The predicted molar refractivity (Wildman–Crippen MR) is 80.1 cm³/mol. The van der Waals surface area contributed by atoms with Gasteiger partial charge in [-0.15, -0.1) is 0 Å². The average Bonchev–Trinajstić information content (AvgIpc) is 2.43. The first-order valence-corrected chi connectivity index (χ1v) is 6.86. The van der Waals surface area contributed by atoms with E-state index in [0.717, 1.165) is 24.2 Å². The maximum atomic E-state index is 6.21. The predicted octanol–water partition coefficient (Wildman–Crippen LogP) is 4.20. The molecule has 19 heavy (non-hydrogen) atoms. The van der Waals surface area contributed by atoms with E-state index in [9.17, 15) is 0 Å². The fraction of sp³-hybridized carbons (Fsp3) is 0.250. The van der Waals surface area contributed by atoms with Crippen molar-refractivity contribution in [1.82, 2.24) is 0 Å². The van der Waals surface area contributed by atoms with E-state index >= 15 is 0 Å². The number of rotatable bonds is 5. The molecule has 0 aliphatic heterocycles. The van der Waals surface area contributed by atoms with Crippen LogP contribution in [0.1, 0.15) is 18.1 Å². The zero-order valence-electron chi connectivity index (χ0n) is 11.0. The zero-order chi connectivity index (χ0) is 13.7. The van der Waals surface area contributed by atoms with Gasteiger partial charge in [0.05, 0.1) is 5.02 Å². The van der Waals surface area contributed by atoms with Gasteiger partial charge in [-0.05, 0) is 54.8 Å². The van der Waals surface area contributed by atoms with Gasteiger partial charge in [-0.2, -0.15) is 0 Å². The minimum Gasteiger partial charge on any atom is -0.456 e. The molecule has 2 N–H and O–H groups in total. The van der Waals surface area contributed by atoms with Gasteiger partial charge < -0.3 is 10.5 Å². The second-order valence-electron chi connectivity index (χ2n) is 4.40. The molecule has 3 heteroatoms. The molecule has 0 bridgehead atoms. The molecular weight excluding hydrogens is 258 g/mol. The first-order valence-electron chi connectivity index (χ1n) is 6.48. The molecule has 2 nitrogen and oxygen atoms in total. The van der Waals surface area contributed by atoms with E-state index in [4.69, 9.17) is 22.1 Å². The summed E-state index contributed by atoms with van der Waals surface area (Å²) in [6.07, 6.45) is 1.85. The van der Waals surface area contributed by atoms with Crippen molar-refractivity contribution in [3.05, 3.63) is 58.6 Å². The Morgan fingerprint density at radius 3 is 2.32 bits per heavy atom. The number of ether oxygens (including phenoxy) is 1. The molecule has 100 valence electrons. The summed E-state index contributed by atoms with van der Waals surface area (Å²) in [7, 11) is 0. The van der Waals surface area contributed by atoms with Crippen LogP contribution in [0, 0.1) is 0 Å². The Kier molecular flexibility index (Phi) is 4.83. The smallest absolute Gasteiger partial charge is 0.146 e. The molecule has 2 rings (SSSR count). The van der Waals surface area contributed by atoms with E-state index in [-0.39, 0.29) is 0 Å². The molecule has 0 saturated carbocycles. The van der Waals surface area contributed by atoms with Crippen LogP contribution < -0.4 is 10.5 Å². The summed E-state index contributed by atoms with van der Waals surface area (Å²) < 4.78 is 5.78. The maximum absolute atomic E-state index is 6.21. The van der Waals surface area contributed by atoms with Gasteiger partial charge >= 0.3 is 0 Å². The highest BCUT2D eigenvalue weighted by Crippen LogP contribution is 2.30. The number of hydrogen-bond acceptors (Lipinski definition) is 2. The van der Waals surface area contributed by atoms with E-state index in [0.29, 0.717) is 17.3 Å². The van der Waals surface area contributed by atoms with Crippen molar-refractivity contribution in [2.24, 2.45) is 5.73 Å². The van der Waals surface area contributed by atoms with E-state index < -0.39 is 0 Å². The molecule has 0 aliphatic rings. The molecule has 0 fully saturated rings. The minimum absolute atomic E-state index is 0.616. The van der Waals surface area contributed by atoms with Crippen molar-refractivity contribution in [3.8, 4) is 11.5 Å². The van der Waals surface area contributed by atoms with Crippen LogP contribution in [0.5, 0.6) is 11.5 Å². The lowest BCUT2D eigenvalue weighted by Crippen LogP contribution is -2.02. The van der Waals surface area contributed by atoms with Gasteiger partial charge in [-0.3, -0.25) is 0 Å². The Balaban J connectivity index is 2.13. The standard InChI is InChI=1S/C16H18ClNO/c1-2-12-3-6-14(7-4-12)19-16-8-5-13(9-10-18)11-15(16)17/h3-8,11H,2,9-10,18H2,1H3. The van der Waals surface area contributed by atoms with Gasteiger partial charge in [0.2, 0.25) is 0 Å². The molecule has 2 aromatic carbocycles. The van der Waals surface area contributed by atoms with Gasteiger partial charge in [0, 0.05) is 0 Å². The van der Waals surface area contributed by atoms with Crippen molar-refractivity contribution >= 4 is 11.6 Å². The topological polar surface area (TPSA) is 35.2 Å². The summed E-state index contributed by atoms with van der Waals surface area (Å²) in [5.74, 6) is 1.47. The van der Waals surface area contributed by atoms with Gasteiger partial charge in [0.25, 0.3) is 0 Å². The second kappa shape index (κ2) is 6.60. The van der Waals surface area contributed by atoms with Crippen molar-refractivity contribution in [2.75, 3.05) is 6.54 Å². The van der Waals surface area contributed by atoms with Crippen LogP contribution in [0.4, 0.5) is 0 Å². The largest absolute Gasteiger partial charge is 0.456 e. The highest BCUT2D eigenvalue weighted by molar-refractivity contribution is 6.32. The van der Waals surface area contributed by atoms with Crippen LogP contribution >= 0.6 is 11.6 Å². The summed E-state index contributed by atoms with van der Waals surface area (Å²) >= 11 is 6.21. The Bertz CT molecular complexity index is 537. The van der Waals surface area contributed by atoms with Crippen molar-refractivity contribution in [1.29, 1.82) is 0 Å². The second-order valence-corrected chi connectivity index (χ2v) is 4.81. The lowest BCUT2D eigenvalue weighted by Gasteiger charge is -2.09.